The predicted octanol–water partition coefficient (Wildman–Crippen LogP) is 3.11. The molecule has 2 aromatic carbocycles. The second-order valence-electron chi connectivity index (χ2n) is 4.52. The van der Waals surface area contributed by atoms with Crippen molar-refractivity contribution in [3.63, 3.8) is 0 Å². The van der Waals surface area contributed by atoms with Crippen molar-refractivity contribution in [3.05, 3.63) is 54.1 Å². The van der Waals surface area contributed by atoms with Crippen molar-refractivity contribution in [1.82, 2.24) is 0 Å². The predicted molar refractivity (Wildman–Crippen MR) is 78.0 cm³/mol. The van der Waals surface area contributed by atoms with Gasteiger partial charge in [-0.25, -0.2) is 0 Å². The van der Waals surface area contributed by atoms with Crippen LogP contribution in [-0.4, -0.2) is 17.1 Å². The second-order valence-corrected chi connectivity index (χ2v) is 4.52. The quantitative estimate of drug-likeness (QED) is 0.898. The number of ether oxygens (including phenoxy) is 1. The van der Waals surface area contributed by atoms with Crippen LogP contribution in [0.4, 0.5) is 5.69 Å². The maximum atomic E-state index is 12.0. The molecule has 0 aromatic heterocycles. The number of amides is 1. The van der Waals surface area contributed by atoms with E-state index in [0.29, 0.717) is 11.3 Å². The van der Waals surface area contributed by atoms with Gasteiger partial charge in [-0.05, 0) is 38.1 Å². The number of para-hydroxylation sites is 1. The molecule has 0 spiro atoms. The van der Waals surface area contributed by atoms with Crippen molar-refractivity contribution < 1.29 is 14.6 Å². The van der Waals surface area contributed by atoms with Crippen LogP contribution in [0.5, 0.6) is 11.5 Å². The summed E-state index contributed by atoms with van der Waals surface area (Å²) in [6.07, 6.45) is -0.657. The molecular formula is C16H17NO3. The van der Waals surface area contributed by atoms with E-state index in [-0.39, 0.29) is 11.7 Å². The minimum atomic E-state index is -0.657. The third-order valence-electron chi connectivity index (χ3n) is 2.97. The lowest BCUT2D eigenvalue weighted by molar-refractivity contribution is -0.122. The molecule has 1 unspecified atom stereocenters. The SMILES string of the molecule is Cc1c(O)cccc1OC(C)C(=O)Nc1ccccc1. The summed E-state index contributed by atoms with van der Waals surface area (Å²) in [6, 6.07) is 14.2. The molecule has 0 fully saturated rings. The molecule has 0 radical (unpaired) electrons. The van der Waals surface area contributed by atoms with Crippen molar-refractivity contribution in [2.24, 2.45) is 0 Å². The van der Waals surface area contributed by atoms with Gasteiger partial charge in [0.1, 0.15) is 11.5 Å². The number of nitrogens with one attached hydrogen (secondary N) is 1. The van der Waals surface area contributed by atoms with Gasteiger partial charge in [0.15, 0.2) is 6.10 Å². The first-order chi connectivity index (χ1) is 9.58. The Balaban J connectivity index is 2.03. The third-order valence-corrected chi connectivity index (χ3v) is 2.97. The number of phenols is 1. The number of rotatable bonds is 4. The van der Waals surface area contributed by atoms with Crippen molar-refractivity contribution in [1.29, 1.82) is 0 Å². The number of carbonyl (C=O) groups is 1. The Morgan fingerprint density at radius 3 is 2.55 bits per heavy atom. The number of phenolic OH excluding ortho intramolecular Hbond substituents is 1. The number of aromatic hydroxyl groups is 1. The van der Waals surface area contributed by atoms with Crippen molar-refractivity contribution >= 4 is 11.6 Å². The molecule has 0 saturated heterocycles. The molecule has 20 heavy (non-hydrogen) atoms. The highest BCUT2D eigenvalue weighted by Crippen LogP contribution is 2.26. The third kappa shape index (κ3) is 3.29. The van der Waals surface area contributed by atoms with Crippen LogP contribution in [0, 0.1) is 6.92 Å². The molecule has 0 aliphatic heterocycles. The van der Waals surface area contributed by atoms with Crippen LogP contribution in [0.2, 0.25) is 0 Å². The van der Waals surface area contributed by atoms with Crippen molar-refractivity contribution in [2.75, 3.05) is 5.32 Å². The summed E-state index contributed by atoms with van der Waals surface area (Å²) in [4.78, 5) is 12.0. The topological polar surface area (TPSA) is 58.6 Å². The first-order valence-corrected chi connectivity index (χ1v) is 6.39. The highest BCUT2D eigenvalue weighted by molar-refractivity contribution is 5.94. The van der Waals surface area contributed by atoms with Crippen molar-refractivity contribution in [3.8, 4) is 11.5 Å². The van der Waals surface area contributed by atoms with Gasteiger partial charge in [0.25, 0.3) is 5.91 Å². The summed E-state index contributed by atoms with van der Waals surface area (Å²) < 4.78 is 5.59. The smallest absolute Gasteiger partial charge is 0.265 e. The zero-order valence-electron chi connectivity index (χ0n) is 11.5. The lowest BCUT2D eigenvalue weighted by Gasteiger charge is -2.16. The standard InChI is InChI=1S/C16H17NO3/c1-11-14(18)9-6-10-15(11)20-12(2)16(19)17-13-7-4-3-5-8-13/h3-10,12,18H,1-2H3,(H,17,19). The zero-order chi connectivity index (χ0) is 14.5. The Labute approximate surface area is 118 Å². The largest absolute Gasteiger partial charge is 0.508 e. The highest BCUT2D eigenvalue weighted by Gasteiger charge is 2.16. The maximum Gasteiger partial charge on any atom is 0.265 e. The van der Waals surface area contributed by atoms with Crippen LogP contribution in [0.3, 0.4) is 0 Å². The summed E-state index contributed by atoms with van der Waals surface area (Å²) in [5, 5.41) is 12.4. The van der Waals surface area contributed by atoms with Crippen molar-refractivity contribution in [2.45, 2.75) is 20.0 Å². The molecule has 104 valence electrons. The molecular weight excluding hydrogens is 254 g/mol. The van der Waals surface area contributed by atoms with Gasteiger partial charge in [-0.15, -0.1) is 0 Å². The first-order valence-electron chi connectivity index (χ1n) is 6.39. The molecule has 4 heteroatoms. The number of carbonyl (C=O) groups excluding carboxylic acids is 1. The molecule has 1 amide bonds. The highest BCUT2D eigenvalue weighted by atomic mass is 16.5. The normalized spacial score (nSPS) is 11.7. The van der Waals surface area contributed by atoms with Gasteiger partial charge in [0.2, 0.25) is 0 Å². The molecule has 2 rings (SSSR count). The Kier molecular flexibility index (Phi) is 4.25. The van der Waals surface area contributed by atoms with E-state index in [9.17, 15) is 9.90 Å². The zero-order valence-corrected chi connectivity index (χ0v) is 11.5. The summed E-state index contributed by atoms with van der Waals surface area (Å²) in [5.41, 5.74) is 1.34. The summed E-state index contributed by atoms with van der Waals surface area (Å²) >= 11 is 0. The van der Waals surface area contributed by atoms with Gasteiger partial charge < -0.3 is 15.2 Å². The van der Waals surface area contributed by atoms with E-state index in [1.807, 2.05) is 30.3 Å². The first kappa shape index (κ1) is 13.9. The Bertz CT molecular complexity index is 596. The lowest BCUT2D eigenvalue weighted by Crippen LogP contribution is -2.30. The fourth-order valence-corrected chi connectivity index (χ4v) is 1.74. The molecule has 0 heterocycles. The van der Waals surface area contributed by atoms with E-state index in [2.05, 4.69) is 5.32 Å². The van der Waals surface area contributed by atoms with E-state index in [0.717, 1.165) is 5.69 Å². The number of hydrogen-bond acceptors (Lipinski definition) is 3. The van der Waals surface area contributed by atoms with E-state index >= 15 is 0 Å². The minimum absolute atomic E-state index is 0.151. The maximum absolute atomic E-state index is 12.0. The fourth-order valence-electron chi connectivity index (χ4n) is 1.74. The molecule has 1 atom stereocenters. The van der Waals surface area contributed by atoms with Gasteiger partial charge in [-0.1, -0.05) is 24.3 Å². The van der Waals surface area contributed by atoms with E-state index in [1.165, 1.54) is 0 Å². The Morgan fingerprint density at radius 2 is 1.85 bits per heavy atom. The number of anilines is 1. The van der Waals surface area contributed by atoms with Crippen LogP contribution in [-0.2, 0) is 4.79 Å². The van der Waals surface area contributed by atoms with E-state index in [4.69, 9.17) is 4.74 Å². The second kappa shape index (κ2) is 6.10. The van der Waals surface area contributed by atoms with Crippen LogP contribution in [0.25, 0.3) is 0 Å². The number of hydrogen-bond donors (Lipinski definition) is 2. The summed E-state index contributed by atoms with van der Waals surface area (Å²) in [7, 11) is 0. The van der Waals surface area contributed by atoms with Crippen LogP contribution in [0.1, 0.15) is 12.5 Å². The minimum Gasteiger partial charge on any atom is -0.508 e. The molecule has 0 saturated carbocycles. The van der Waals surface area contributed by atoms with E-state index in [1.54, 1.807) is 32.0 Å². The summed E-state index contributed by atoms with van der Waals surface area (Å²) in [6.45, 7) is 3.41. The van der Waals surface area contributed by atoms with Gasteiger partial charge in [0, 0.05) is 11.3 Å². The molecule has 2 N–H and O–H groups in total. The Morgan fingerprint density at radius 1 is 1.15 bits per heavy atom. The van der Waals surface area contributed by atoms with Crippen LogP contribution >= 0.6 is 0 Å². The molecule has 2 aromatic rings. The fraction of sp³-hybridized carbons (Fsp3) is 0.188. The van der Waals surface area contributed by atoms with Crippen LogP contribution in [0.15, 0.2) is 48.5 Å². The Hall–Kier alpha value is -2.49. The van der Waals surface area contributed by atoms with Gasteiger partial charge >= 0.3 is 0 Å². The number of benzene rings is 2. The van der Waals surface area contributed by atoms with Gasteiger partial charge in [0.05, 0.1) is 0 Å². The average molecular weight is 271 g/mol. The molecule has 0 aliphatic carbocycles. The lowest BCUT2D eigenvalue weighted by atomic mass is 10.2. The summed E-state index contributed by atoms with van der Waals surface area (Å²) in [5.74, 6) is 0.415. The molecule has 0 aliphatic rings. The monoisotopic (exact) mass is 271 g/mol. The van der Waals surface area contributed by atoms with Crippen LogP contribution < -0.4 is 10.1 Å². The van der Waals surface area contributed by atoms with Gasteiger partial charge in [-0.2, -0.15) is 0 Å². The molecule has 0 bridgehead atoms. The average Bonchev–Trinajstić information content (AvgIpc) is 2.45. The van der Waals surface area contributed by atoms with Gasteiger partial charge in [-0.3, -0.25) is 4.79 Å². The molecule has 4 nitrogen and oxygen atoms in total. The van der Waals surface area contributed by atoms with E-state index < -0.39 is 6.10 Å².